The summed E-state index contributed by atoms with van der Waals surface area (Å²) >= 11 is 0. The van der Waals surface area contributed by atoms with Gasteiger partial charge in [-0.15, -0.1) is 0 Å². The predicted octanol–water partition coefficient (Wildman–Crippen LogP) is 4.85. The van der Waals surface area contributed by atoms with Crippen LogP contribution in [0.25, 0.3) is 0 Å². The molecule has 0 amide bonds. The van der Waals surface area contributed by atoms with Gasteiger partial charge < -0.3 is 0 Å². The van der Waals surface area contributed by atoms with E-state index in [9.17, 15) is 52.7 Å². The minimum atomic E-state index is -6.56. The summed E-state index contributed by atoms with van der Waals surface area (Å²) in [5.74, 6) is -10.2. The normalized spacial score (nSPS) is 14.4. The van der Waals surface area contributed by atoms with Crippen LogP contribution in [0.15, 0.2) is 11.9 Å². The van der Waals surface area contributed by atoms with Gasteiger partial charge in [-0.05, 0) is 0 Å². The second kappa shape index (κ2) is 5.33. The average molecular weight is 330 g/mol. The molecule has 0 heterocycles. The molecule has 0 saturated heterocycles. The van der Waals surface area contributed by atoms with Crippen LogP contribution in [0, 0.1) is 0 Å². The summed E-state index contributed by atoms with van der Waals surface area (Å²) in [7, 11) is 0. The lowest BCUT2D eigenvalue weighted by Gasteiger charge is -2.29. The van der Waals surface area contributed by atoms with Crippen molar-refractivity contribution >= 4 is 0 Å². The van der Waals surface area contributed by atoms with Gasteiger partial charge in [-0.2, -0.15) is 52.7 Å². The van der Waals surface area contributed by atoms with Gasteiger partial charge in [-0.1, -0.05) is 0 Å². The molecule has 1 nitrogen and oxygen atoms in total. The van der Waals surface area contributed by atoms with E-state index < -0.39 is 42.6 Å². The second-order valence-corrected chi connectivity index (χ2v) is 3.21. The van der Waals surface area contributed by atoms with Gasteiger partial charge in [0.25, 0.3) is 5.83 Å². The summed E-state index contributed by atoms with van der Waals surface area (Å²) in [6.07, 6.45) is -26.2. The Hall–Kier alpha value is -1.14. The van der Waals surface area contributed by atoms with Crippen molar-refractivity contribution in [1.82, 2.24) is 0 Å². The zero-order valence-electron chi connectivity index (χ0n) is 8.65. The van der Waals surface area contributed by atoms with Gasteiger partial charge in [0.15, 0.2) is 0 Å². The third-order valence-corrected chi connectivity index (χ3v) is 1.53. The highest BCUT2D eigenvalue weighted by Gasteiger charge is 2.66. The molecule has 0 unspecified atom stereocenters. The molecule has 20 heavy (non-hydrogen) atoms. The molecule has 120 valence electrons. The summed E-state index contributed by atoms with van der Waals surface area (Å²) in [5, 5.41) is 0. The largest absolute Gasteiger partial charge is 0.424 e. The first-order chi connectivity index (χ1) is 8.52. The molecule has 0 bridgehead atoms. The number of alkyl halides is 9. The molecule has 13 heteroatoms. The first-order valence-corrected chi connectivity index (χ1v) is 4.13. The average Bonchev–Trinajstić information content (AvgIpc) is 2.10. The first-order valence-electron chi connectivity index (χ1n) is 4.13. The van der Waals surface area contributed by atoms with Crippen LogP contribution < -0.4 is 0 Å². The van der Waals surface area contributed by atoms with Crippen LogP contribution in [0.4, 0.5) is 52.7 Å². The van der Waals surface area contributed by atoms with E-state index in [4.69, 9.17) is 0 Å². The molecule has 0 atom stereocenters. The fourth-order valence-corrected chi connectivity index (χ4v) is 0.745. The highest BCUT2D eigenvalue weighted by molar-refractivity contribution is 5.00. The Kier molecular flexibility index (Phi) is 5.03. The maximum Gasteiger partial charge on any atom is 0.424 e. The standard InChI is InChI=1S/C7H2F12O/c8-2(3(9)10)6(16,17)20-7(18,19)4(11,12)1-5(13,14)15/h1H2. The number of hydrogen-bond donors (Lipinski definition) is 0. The molecule has 0 N–H and O–H groups in total. The molecule has 0 saturated carbocycles. The zero-order chi connectivity index (χ0) is 16.6. The van der Waals surface area contributed by atoms with E-state index in [0.717, 1.165) is 0 Å². The zero-order valence-corrected chi connectivity index (χ0v) is 8.65. The Labute approximate surface area is 101 Å². The van der Waals surface area contributed by atoms with Crippen LogP contribution in [0.2, 0.25) is 0 Å². The smallest absolute Gasteiger partial charge is 0.244 e. The van der Waals surface area contributed by atoms with Crippen LogP contribution in [0.3, 0.4) is 0 Å². The molecule has 0 aliphatic rings. The predicted molar refractivity (Wildman–Crippen MR) is 36.9 cm³/mol. The number of rotatable bonds is 5. The van der Waals surface area contributed by atoms with E-state index >= 15 is 0 Å². The second-order valence-electron chi connectivity index (χ2n) is 3.21. The Morgan fingerprint density at radius 1 is 0.750 bits per heavy atom. The molecule has 0 aromatic rings. The first kappa shape index (κ1) is 18.9. The molecule has 0 aromatic carbocycles. The van der Waals surface area contributed by atoms with Gasteiger partial charge in [0.05, 0.1) is 0 Å². The van der Waals surface area contributed by atoms with Crippen LogP contribution >= 0.6 is 0 Å². The summed E-state index contributed by atoms with van der Waals surface area (Å²) in [6, 6.07) is 0. The molecular weight excluding hydrogens is 328 g/mol. The fraction of sp³-hybridized carbons (Fsp3) is 0.714. The summed E-state index contributed by atoms with van der Waals surface area (Å²) in [4.78, 5) is 0. The van der Waals surface area contributed by atoms with Crippen molar-refractivity contribution in [3.05, 3.63) is 11.9 Å². The minimum absolute atomic E-state index is 1.83. The Bertz CT molecular complexity index is 376. The van der Waals surface area contributed by atoms with Crippen molar-refractivity contribution in [3.8, 4) is 0 Å². The van der Waals surface area contributed by atoms with Crippen LogP contribution in [0.5, 0.6) is 0 Å². The number of halogens is 12. The molecule has 0 aliphatic heterocycles. The van der Waals surface area contributed by atoms with Gasteiger partial charge in [0.2, 0.25) is 0 Å². The lowest BCUT2D eigenvalue weighted by Crippen LogP contribution is -2.49. The van der Waals surface area contributed by atoms with Gasteiger partial charge in [0, 0.05) is 0 Å². The van der Waals surface area contributed by atoms with Crippen molar-refractivity contribution in [2.45, 2.75) is 30.7 Å². The Morgan fingerprint density at radius 3 is 1.45 bits per heavy atom. The van der Waals surface area contributed by atoms with Crippen molar-refractivity contribution in [1.29, 1.82) is 0 Å². The van der Waals surface area contributed by atoms with Gasteiger partial charge in [0.1, 0.15) is 6.42 Å². The van der Waals surface area contributed by atoms with E-state index in [-0.39, 0.29) is 0 Å². The lowest BCUT2D eigenvalue weighted by atomic mass is 10.2. The topological polar surface area (TPSA) is 9.23 Å². The highest BCUT2D eigenvalue weighted by atomic mass is 19.4. The molecule has 0 fully saturated rings. The number of hydrogen-bond acceptors (Lipinski definition) is 1. The summed E-state index contributed by atoms with van der Waals surface area (Å²) in [5.41, 5.74) is 0. The Morgan fingerprint density at radius 2 is 1.15 bits per heavy atom. The van der Waals surface area contributed by atoms with Crippen molar-refractivity contribution < 1.29 is 57.4 Å². The molecule has 0 aromatic heterocycles. The van der Waals surface area contributed by atoms with Gasteiger partial charge in [-0.25, -0.2) is 4.74 Å². The van der Waals surface area contributed by atoms with Crippen molar-refractivity contribution in [3.63, 3.8) is 0 Å². The monoisotopic (exact) mass is 330 g/mol. The molecule has 0 spiro atoms. The third kappa shape index (κ3) is 4.76. The number of ether oxygens (including phenoxy) is 1. The van der Waals surface area contributed by atoms with Crippen LogP contribution in [-0.4, -0.2) is 24.3 Å². The third-order valence-electron chi connectivity index (χ3n) is 1.53. The Balaban J connectivity index is 5.31. The molecule has 0 radical (unpaired) electrons. The van der Waals surface area contributed by atoms with E-state index in [1.54, 1.807) is 0 Å². The minimum Gasteiger partial charge on any atom is -0.244 e. The molecular formula is C7H2F12O. The van der Waals surface area contributed by atoms with E-state index in [1.165, 1.54) is 0 Å². The van der Waals surface area contributed by atoms with E-state index in [0.29, 0.717) is 0 Å². The maximum atomic E-state index is 12.5. The quantitative estimate of drug-likeness (QED) is 0.655. The van der Waals surface area contributed by atoms with Crippen LogP contribution in [0.1, 0.15) is 6.42 Å². The molecule has 0 rings (SSSR count). The van der Waals surface area contributed by atoms with E-state index in [2.05, 4.69) is 0 Å². The van der Waals surface area contributed by atoms with Crippen molar-refractivity contribution in [2.75, 3.05) is 0 Å². The fourth-order valence-electron chi connectivity index (χ4n) is 0.745. The van der Waals surface area contributed by atoms with Gasteiger partial charge in [-0.3, -0.25) is 0 Å². The summed E-state index contributed by atoms with van der Waals surface area (Å²) in [6.45, 7) is 0. The van der Waals surface area contributed by atoms with Crippen LogP contribution in [-0.2, 0) is 4.74 Å². The SMILES string of the molecule is FC(F)=C(F)C(F)(F)OC(F)(F)C(F)(F)CC(F)(F)F. The summed E-state index contributed by atoms with van der Waals surface area (Å²) < 4.78 is 146. The van der Waals surface area contributed by atoms with Gasteiger partial charge >= 0.3 is 30.4 Å². The van der Waals surface area contributed by atoms with Crippen molar-refractivity contribution in [2.24, 2.45) is 0 Å². The molecule has 0 aliphatic carbocycles. The van der Waals surface area contributed by atoms with E-state index in [1.807, 2.05) is 4.74 Å². The highest BCUT2D eigenvalue weighted by Crippen LogP contribution is 2.47. The maximum absolute atomic E-state index is 12.5. The lowest BCUT2D eigenvalue weighted by molar-refractivity contribution is -0.432.